The Labute approximate surface area is 81.7 Å². The highest BCUT2D eigenvalue weighted by atomic mass is 19.1. The summed E-state index contributed by atoms with van der Waals surface area (Å²) in [5.74, 6) is 0.387. The average Bonchev–Trinajstić information content (AvgIpc) is 2.97. The molecule has 1 saturated carbocycles. The quantitative estimate of drug-likeness (QED) is 0.734. The number of benzene rings is 1. The third-order valence-corrected chi connectivity index (χ3v) is 2.21. The van der Waals surface area contributed by atoms with Crippen LogP contribution >= 0.6 is 0 Å². The number of Topliss-reactive ketones (excluding diaryl/α,β-unsaturated/α-hetero) is 1. The molecular formula is C11H11FO2. The van der Waals surface area contributed by atoms with E-state index in [0.29, 0.717) is 5.75 Å². The third-order valence-electron chi connectivity index (χ3n) is 2.21. The Balaban J connectivity index is 1.87. The lowest BCUT2D eigenvalue weighted by Crippen LogP contribution is -2.12. The van der Waals surface area contributed by atoms with Gasteiger partial charge in [0.1, 0.15) is 18.2 Å². The molecule has 0 N–H and O–H groups in total. The number of carbonyl (C=O) groups is 1. The van der Waals surface area contributed by atoms with E-state index in [1.807, 2.05) is 0 Å². The van der Waals surface area contributed by atoms with E-state index in [4.69, 9.17) is 4.74 Å². The summed E-state index contributed by atoms with van der Waals surface area (Å²) >= 11 is 0. The van der Waals surface area contributed by atoms with Gasteiger partial charge < -0.3 is 4.74 Å². The van der Waals surface area contributed by atoms with Gasteiger partial charge in [0.15, 0.2) is 5.78 Å². The molecule has 2 nitrogen and oxygen atoms in total. The normalized spacial score (nSPS) is 15.2. The van der Waals surface area contributed by atoms with Crippen molar-refractivity contribution in [1.29, 1.82) is 0 Å². The van der Waals surface area contributed by atoms with Gasteiger partial charge in [0.25, 0.3) is 0 Å². The highest BCUT2D eigenvalue weighted by molar-refractivity contribution is 5.84. The molecule has 0 atom stereocenters. The third kappa shape index (κ3) is 2.31. The lowest BCUT2D eigenvalue weighted by molar-refractivity contribution is -0.122. The minimum Gasteiger partial charge on any atom is -0.486 e. The number of rotatable bonds is 4. The SMILES string of the molecule is O=C(COc1cccc(F)c1)C1CC1. The number of ketones is 1. The van der Waals surface area contributed by atoms with Crippen LogP contribution in [0.25, 0.3) is 0 Å². The maximum absolute atomic E-state index is 12.7. The second-order valence-electron chi connectivity index (χ2n) is 3.49. The van der Waals surface area contributed by atoms with E-state index >= 15 is 0 Å². The van der Waals surface area contributed by atoms with Crippen LogP contribution in [-0.2, 0) is 4.79 Å². The molecule has 1 aliphatic carbocycles. The van der Waals surface area contributed by atoms with Crippen molar-refractivity contribution in [3.05, 3.63) is 30.1 Å². The maximum Gasteiger partial charge on any atom is 0.173 e. The molecule has 0 spiro atoms. The van der Waals surface area contributed by atoms with Crippen LogP contribution in [0.5, 0.6) is 5.75 Å². The van der Waals surface area contributed by atoms with Crippen LogP contribution in [0, 0.1) is 11.7 Å². The summed E-state index contributed by atoms with van der Waals surface area (Å²) in [6.45, 7) is 0.0636. The van der Waals surface area contributed by atoms with E-state index in [1.165, 1.54) is 12.1 Å². The number of halogens is 1. The van der Waals surface area contributed by atoms with Gasteiger partial charge in [0, 0.05) is 12.0 Å². The summed E-state index contributed by atoms with van der Waals surface area (Å²) in [6.07, 6.45) is 1.96. The number of ether oxygens (including phenoxy) is 1. The summed E-state index contributed by atoms with van der Waals surface area (Å²) in [4.78, 5) is 11.2. The number of hydrogen-bond donors (Lipinski definition) is 0. The second-order valence-corrected chi connectivity index (χ2v) is 3.49. The highest BCUT2D eigenvalue weighted by Gasteiger charge is 2.29. The lowest BCUT2D eigenvalue weighted by Gasteiger charge is -2.04. The lowest BCUT2D eigenvalue weighted by atomic mass is 10.3. The molecule has 0 heterocycles. The van der Waals surface area contributed by atoms with E-state index in [2.05, 4.69) is 0 Å². The predicted octanol–water partition coefficient (Wildman–Crippen LogP) is 2.18. The molecule has 1 aliphatic rings. The zero-order valence-corrected chi connectivity index (χ0v) is 7.70. The molecule has 74 valence electrons. The summed E-state index contributed by atoms with van der Waals surface area (Å²) in [6, 6.07) is 5.82. The van der Waals surface area contributed by atoms with Crippen LogP contribution in [0.2, 0.25) is 0 Å². The first-order valence-electron chi connectivity index (χ1n) is 4.67. The van der Waals surface area contributed by atoms with Crippen LogP contribution in [0.4, 0.5) is 4.39 Å². The summed E-state index contributed by atoms with van der Waals surface area (Å²) in [5, 5.41) is 0. The van der Waals surface area contributed by atoms with Crippen molar-refractivity contribution in [2.24, 2.45) is 5.92 Å². The van der Waals surface area contributed by atoms with E-state index in [0.717, 1.165) is 12.8 Å². The molecule has 0 saturated heterocycles. The van der Waals surface area contributed by atoms with Gasteiger partial charge in [-0.25, -0.2) is 4.39 Å². The molecule has 0 aliphatic heterocycles. The molecule has 1 fully saturated rings. The topological polar surface area (TPSA) is 26.3 Å². The monoisotopic (exact) mass is 194 g/mol. The van der Waals surface area contributed by atoms with E-state index in [1.54, 1.807) is 12.1 Å². The Morgan fingerprint density at radius 1 is 1.50 bits per heavy atom. The number of carbonyl (C=O) groups excluding carboxylic acids is 1. The number of hydrogen-bond acceptors (Lipinski definition) is 2. The van der Waals surface area contributed by atoms with E-state index in [-0.39, 0.29) is 24.1 Å². The Morgan fingerprint density at radius 2 is 2.29 bits per heavy atom. The molecule has 0 bridgehead atoms. The van der Waals surface area contributed by atoms with Crippen LogP contribution < -0.4 is 4.74 Å². The van der Waals surface area contributed by atoms with Crippen LogP contribution in [0.1, 0.15) is 12.8 Å². The fraction of sp³-hybridized carbons (Fsp3) is 0.364. The molecule has 3 heteroatoms. The Kier molecular flexibility index (Phi) is 2.48. The van der Waals surface area contributed by atoms with Crippen molar-refractivity contribution in [2.75, 3.05) is 6.61 Å². The highest BCUT2D eigenvalue weighted by Crippen LogP contribution is 2.29. The summed E-state index contributed by atoms with van der Waals surface area (Å²) in [5.41, 5.74) is 0. The minimum absolute atomic E-state index is 0.0636. The van der Waals surface area contributed by atoms with Crippen LogP contribution in [0.3, 0.4) is 0 Å². The van der Waals surface area contributed by atoms with Crippen molar-refractivity contribution in [3.8, 4) is 5.75 Å². The first kappa shape index (κ1) is 9.19. The molecule has 0 radical (unpaired) electrons. The maximum atomic E-state index is 12.7. The fourth-order valence-electron chi connectivity index (χ4n) is 1.23. The van der Waals surface area contributed by atoms with Crippen molar-refractivity contribution in [2.45, 2.75) is 12.8 Å². The smallest absolute Gasteiger partial charge is 0.173 e. The van der Waals surface area contributed by atoms with Gasteiger partial charge in [-0.1, -0.05) is 6.07 Å². The first-order chi connectivity index (χ1) is 6.75. The Bertz CT molecular complexity index is 345. The standard InChI is InChI=1S/C11H11FO2/c12-9-2-1-3-10(6-9)14-7-11(13)8-4-5-8/h1-3,6,8H,4-5,7H2. The predicted molar refractivity (Wildman–Crippen MR) is 49.6 cm³/mol. The molecule has 2 rings (SSSR count). The summed E-state index contributed by atoms with van der Waals surface area (Å²) in [7, 11) is 0. The molecule has 0 unspecified atom stereocenters. The van der Waals surface area contributed by atoms with Gasteiger partial charge in [0.2, 0.25) is 0 Å². The van der Waals surface area contributed by atoms with Gasteiger partial charge in [-0.05, 0) is 25.0 Å². The summed E-state index contributed by atoms with van der Waals surface area (Å²) < 4.78 is 17.9. The largest absolute Gasteiger partial charge is 0.486 e. The molecule has 0 amide bonds. The Hall–Kier alpha value is -1.38. The van der Waals surface area contributed by atoms with Crippen LogP contribution in [0.15, 0.2) is 24.3 Å². The van der Waals surface area contributed by atoms with Crippen molar-refractivity contribution in [3.63, 3.8) is 0 Å². The zero-order valence-electron chi connectivity index (χ0n) is 7.70. The van der Waals surface area contributed by atoms with Crippen LogP contribution in [-0.4, -0.2) is 12.4 Å². The van der Waals surface area contributed by atoms with Crippen molar-refractivity contribution >= 4 is 5.78 Å². The Morgan fingerprint density at radius 3 is 2.93 bits per heavy atom. The van der Waals surface area contributed by atoms with Gasteiger partial charge in [0.05, 0.1) is 0 Å². The zero-order chi connectivity index (χ0) is 9.97. The van der Waals surface area contributed by atoms with Gasteiger partial charge in [-0.15, -0.1) is 0 Å². The van der Waals surface area contributed by atoms with Crippen molar-refractivity contribution in [1.82, 2.24) is 0 Å². The molecular weight excluding hydrogens is 183 g/mol. The van der Waals surface area contributed by atoms with E-state index in [9.17, 15) is 9.18 Å². The van der Waals surface area contributed by atoms with Gasteiger partial charge in [-0.3, -0.25) is 4.79 Å². The van der Waals surface area contributed by atoms with Crippen molar-refractivity contribution < 1.29 is 13.9 Å². The molecule has 1 aromatic rings. The fourth-order valence-corrected chi connectivity index (χ4v) is 1.23. The molecule has 14 heavy (non-hydrogen) atoms. The molecule has 0 aromatic heterocycles. The van der Waals surface area contributed by atoms with E-state index < -0.39 is 0 Å². The second kappa shape index (κ2) is 3.78. The van der Waals surface area contributed by atoms with Gasteiger partial charge in [-0.2, -0.15) is 0 Å². The minimum atomic E-state index is -0.346. The van der Waals surface area contributed by atoms with Gasteiger partial charge >= 0.3 is 0 Å². The average molecular weight is 194 g/mol. The first-order valence-corrected chi connectivity index (χ1v) is 4.67. The molecule has 1 aromatic carbocycles.